The van der Waals surface area contributed by atoms with Crippen molar-refractivity contribution in [1.29, 1.82) is 0 Å². The van der Waals surface area contributed by atoms with Gasteiger partial charge in [-0.3, -0.25) is 19.4 Å². The van der Waals surface area contributed by atoms with Crippen LogP contribution in [0.3, 0.4) is 0 Å². The highest BCUT2D eigenvalue weighted by atomic mass is 16.5. The van der Waals surface area contributed by atoms with E-state index in [0.29, 0.717) is 17.9 Å². The lowest BCUT2D eigenvalue weighted by Gasteiger charge is -2.25. The highest BCUT2D eigenvalue weighted by Crippen LogP contribution is 2.37. The first-order valence-corrected chi connectivity index (χ1v) is 12.2. The van der Waals surface area contributed by atoms with Crippen molar-refractivity contribution >= 4 is 29.1 Å². The number of amides is 3. The molecule has 0 saturated carbocycles. The molecule has 10 nitrogen and oxygen atoms in total. The van der Waals surface area contributed by atoms with Gasteiger partial charge in [-0.25, -0.2) is 9.91 Å². The second-order valence-corrected chi connectivity index (χ2v) is 9.16. The molecule has 10 heteroatoms. The Morgan fingerprint density at radius 3 is 2.34 bits per heavy atom. The highest BCUT2D eigenvalue weighted by Gasteiger charge is 2.56. The number of imide groups is 1. The van der Waals surface area contributed by atoms with Gasteiger partial charge in [-0.2, -0.15) is 10.2 Å². The second-order valence-electron chi connectivity index (χ2n) is 9.16. The summed E-state index contributed by atoms with van der Waals surface area (Å²) in [5, 5.41) is 15.5. The summed E-state index contributed by atoms with van der Waals surface area (Å²) in [4.78, 5) is 41.3. The van der Waals surface area contributed by atoms with Crippen molar-refractivity contribution < 1.29 is 19.1 Å². The van der Waals surface area contributed by atoms with Gasteiger partial charge >= 0.3 is 0 Å². The molecule has 0 radical (unpaired) electrons. The number of benzene rings is 3. The number of rotatable bonds is 6. The van der Waals surface area contributed by atoms with Gasteiger partial charge in [0.15, 0.2) is 12.1 Å². The van der Waals surface area contributed by atoms with Crippen molar-refractivity contribution in [3.05, 3.63) is 96.1 Å². The van der Waals surface area contributed by atoms with Gasteiger partial charge in [0.05, 0.1) is 24.6 Å². The van der Waals surface area contributed by atoms with E-state index >= 15 is 0 Å². The van der Waals surface area contributed by atoms with Crippen LogP contribution in [0.4, 0.5) is 5.69 Å². The van der Waals surface area contributed by atoms with Crippen LogP contribution in [0.2, 0.25) is 0 Å². The number of hydrazone groups is 1. The molecule has 0 bridgehead atoms. The fourth-order valence-corrected chi connectivity index (χ4v) is 5.10. The molecule has 3 atom stereocenters. The Bertz CT molecular complexity index is 1460. The van der Waals surface area contributed by atoms with Crippen LogP contribution in [0.15, 0.2) is 100 Å². The van der Waals surface area contributed by atoms with Gasteiger partial charge in [0.2, 0.25) is 0 Å². The SMILES string of the molecule is COc1ccccc1N1C(=O)[C@@H]2N=NN(CC(=O)N3N=C(c4ccccc4)C[C@@H]3c3ccccc3)[C@H]2C1=O. The minimum atomic E-state index is -1.02. The molecule has 3 amide bonds. The standard InChI is InChI=1S/C28H24N6O4/c1-38-23-15-9-8-14-21(23)33-27(36)25-26(28(33)37)32(31-29-25)17-24(35)34-22(19-12-6-3-7-13-19)16-20(30-34)18-10-4-2-5-11-18/h2-15,22,25-26H,16-17H2,1H3/t22-,25-,26-/m1/s1. The summed E-state index contributed by atoms with van der Waals surface area (Å²) in [6.07, 6.45) is 0.548. The average Bonchev–Trinajstić information content (AvgIpc) is 3.65. The van der Waals surface area contributed by atoms with E-state index in [9.17, 15) is 14.4 Å². The fraction of sp³-hybridized carbons (Fsp3) is 0.214. The van der Waals surface area contributed by atoms with Crippen LogP contribution in [0.25, 0.3) is 0 Å². The van der Waals surface area contributed by atoms with Crippen LogP contribution in [0.1, 0.15) is 23.6 Å². The van der Waals surface area contributed by atoms with Gasteiger partial charge in [-0.05, 0) is 23.3 Å². The van der Waals surface area contributed by atoms with Crippen LogP contribution in [0, 0.1) is 0 Å². The summed E-state index contributed by atoms with van der Waals surface area (Å²) >= 11 is 0. The molecule has 6 rings (SSSR count). The van der Waals surface area contributed by atoms with Gasteiger partial charge in [-0.15, -0.1) is 0 Å². The zero-order valence-electron chi connectivity index (χ0n) is 20.5. The third-order valence-corrected chi connectivity index (χ3v) is 6.94. The van der Waals surface area contributed by atoms with Gasteiger partial charge in [0.1, 0.15) is 12.3 Å². The number of ether oxygens (including phenoxy) is 1. The number of nitrogens with zero attached hydrogens (tertiary/aromatic N) is 6. The van der Waals surface area contributed by atoms with Crippen molar-refractivity contribution in [3.63, 3.8) is 0 Å². The molecule has 0 spiro atoms. The Morgan fingerprint density at radius 1 is 0.921 bits per heavy atom. The summed E-state index contributed by atoms with van der Waals surface area (Å²) in [6, 6.07) is 23.9. The van der Waals surface area contributed by atoms with Crippen LogP contribution in [-0.2, 0) is 14.4 Å². The van der Waals surface area contributed by atoms with Gasteiger partial charge in [0.25, 0.3) is 17.7 Å². The molecule has 3 aliphatic rings. The lowest BCUT2D eigenvalue weighted by molar-refractivity contribution is -0.135. The topological polar surface area (TPSA) is 107 Å². The molecule has 0 N–H and O–H groups in total. The lowest BCUT2D eigenvalue weighted by atomic mass is 9.98. The minimum Gasteiger partial charge on any atom is -0.495 e. The van der Waals surface area contributed by atoms with Crippen LogP contribution < -0.4 is 9.64 Å². The van der Waals surface area contributed by atoms with Crippen LogP contribution >= 0.6 is 0 Å². The molecule has 1 fully saturated rings. The van der Waals surface area contributed by atoms with Crippen LogP contribution in [0.5, 0.6) is 5.75 Å². The lowest BCUT2D eigenvalue weighted by Crippen LogP contribution is -2.44. The first-order valence-electron chi connectivity index (χ1n) is 12.2. The molecule has 0 unspecified atom stereocenters. The molecule has 3 aromatic carbocycles. The highest BCUT2D eigenvalue weighted by molar-refractivity contribution is 6.26. The van der Waals surface area contributed by atoms with Gasteiger partial charge < -0.3 is 4.74 Å². The Morgan fingerprint density at radius 2 is 1.61 bits per heavy atom. The van der Waals surface area contributed by atoms with Gasteiger partial charge in [0, 0.05) is 6.42 Å². The Hall–Kier alpha value is -4.86. The molecular weight excluding hydrogens is 484 g/mol. The molecule has 3 heterocycles. The van der Waals surface area contributed by atoms with E-state index in [-0.39, 0.29) is 18.5 Å². The van der Waals surface area contributed by atoms with E-state index in [1.54, 1.807) is 24.3 Å². The van der Waals surface area contributed by atoms with Crippen molar-refractivity contribution in [1.82, 2.24) is 10.0 Å². The summed E-state index contributed by atoms with van der Waals surface area (Å²) in [6.45, 7) is -0.252. The zero-order valence-corrected chi connectivity index (χ0v) is 20.5. The molecule has 0 aliphatic carbocycles. The van der Waals surface area contributed by atoms with E-state index < -0.39 is 23.9 Å². The minimum absolute atomic E-state index is 0.252. The number of carbonyl (C=O) groups excluding carboxylic acids is 3. The first kappa shape index (κ1) is 23.5. The molecule has 1 saturated heterocycles. The summed E-state index contributed by atoms with van der Waals surface area (Å²) < 4.78 is 5.35. The van der Waals surface area contributed by atoms with Crippen molar-refractivity contribution in [3.8, 4) is 5.75 Å². The zero-order chi connectivity index (χ0) is 26.2. The monoisotopic (exact) mass is 508 g/mol. The summed E-state index contributed by atoms with van der Waals surface area (Å²) in [5.41, 5.74) is 3.02. The molecule has 3 aromatic rings. The second kappa shape index (κ2) is 9.55. The maximum Gasteiger partial charge on any atom is 0.264 e. The van der Waals surface area contributed by atoms with E-state index in [2.05, 4.69) is 15.4 Å². The maximum atomic E-state index is 13.6. The van der Waals surface area contributed by atoms with Crippen LogP contribution in [-0.4, -0.2) is 59.2 Å². The summed E-state index contributed by atoms with van der Waals surface area (Å²) in [7, 11) is 1.47. The van der Waals surface area contributed by atoms with E-state index in [1.807, 2.05) is 60.7 Å². The Kier molecular flexibility index (Phi) is 5.91. The molecule has 0 aromatic heterocycles. The molecule has 3 aliphatic heterocycles. The predicted molar refractivity (Wildman–Crippen MR) is 138 cm³/mol. The molecular formula is C28H24N6O4. The first-order chi connectivity index (χ1) is 18.6. The molecule has 190 valence electrons. The number of anilines is 1. The normalized spacial score (nSPS) is 22.2. The average molecular weight is 509 g/mol. The van der Waals surface area contributed by atoms with E-state index in [1.165, 1.54) is 17.1 Å². The maximum absolute atomic E-state index is 13.6. The number of methoxy groups -OCH3 is 1. The third kappa shape index (κ3) is 3.90. The number of para-hydroxylation sites is 2. The Labute approximate surface area is 218 Å². The van der Waals surface area contributed by atoms with Gasteiger partial charge in [-0.1, -0.05) is 78.0 Å². The molecule has 38 heavy (non-hydrogen) atoms. The van der Waals surface area contributed by atoms with E-state index in [0.717, 1.165) is 21.7 Å². The number of fused-ring (bicyclic) bond motifs is 1. The third-order valence-electron chi connectivity index (χ3n) is 6.94. The van der Waals surface area contributed by atoms with Crippen molar-refractivity contribution in [2.75, 3.05) is 18.6 Å². The number of hydrogen-bond acceptors (Lipinski definition) is 8. The number of carbonyl (C=O) groups is 3. The fourth-order valence-electron chi connectivity index (χ4n) is 5.10. The van der Waals surface area contributed by atoms with Crippen molar-refractivity contribution in [2.45, 2.75) is 24.5 Å². The van der Waals surface area contributed by atoms with Crippen molar-refractivity contribution in [2.24, 2.45) is 15.4 Å². The summed E-state index contributed by atoms with van der Waals surface area (Å²) in [5.74, 6) is -0.965. The predicted octanol–water partition coefficient (Wildman–Crippen LogP) is 3.37. The quantitative estimate of drug-likeness (QED) is 0.475. The Balaban J connectivity index is 1.26. The smallest absolute Gasteiger partial charge is 0.264 e. The number of hydrogen-bond donors (Lipinski definition) is 0. The van der Waals surface area contributed by atoms with E-state index in [4.69, 9.17) is 4.74 Å². The largest absolute Gasteiger partial charge is 0.495 e.